The highest BCUT2D eigenvalue weighted by molar-refractivity contribution is 6.62. The van der Waals surface area contributed by atoms with Gasteiger partial charge in [-0.15, -0.1) is 0 Å². The second-order valence-electron chi connectivity index (χ2n) is 7.29. The van der Waals surface area contributed by atoms with Crippen molar-refractivity contribution in [1.29, 1.82) is 0 Å². The first-order valence-corrected chi connectivity index (χ1v) is 8.52. The molecule has 1 heterocycles. The van der Waals surface area contributed by atoms with Gasteiger partial charge in [-0.05, 0) is 63.0 Å². The summed E-state index contributed by atoms with van der Waals surface area (Å²) in [6, 6.07) is 15.7. The molecule has 0 N–H and O–H groups in total. The van der Waals surface area contributed by atoms with Crippen LogP contribution in [0.3, 0.4) is 0 Å². The van der Waals surface area contributed by atoms with Gasteiger partial charge in [0.25, 0.3) is 0 Å². The van der Waals surface area contributed by atoms with Crippen LogP contribution < -0.4 is 14.9 Å². The smallest absolute Gasteiger partial charge is 0.494 e. The van der Waals surface area contributed by atoms with E-state index >= 15 is 0 Å². The van der Waals surface area contributed by atoms with Crippen molar-refractivity contribution in [2.45, 2.75) is 45.5 Å². The van der Waals surface area contributed by atoms with Crippen LogP contribution >= 0.6 is 0 Å². The Bertz CT molecular complexity index is 691. The van der Waals surface area contributed by atoms with Crippen LogP contribution in [-0.2, 0) is 15.9 Å². The molecule has 0 bridgehead atoms. The van der Waals surface area contributed by atoms with Crippen LogP contribution in [0.25, 0.3) is 0 Å². The maximum atomic E-state index is 6.08. The molecule has 0 aliphatic carbocycles. The molecule has 0 saturated carbocycles. The average molecular weight is 340 g/mol. The molecule has 0 atom stereocenters. The van der Waals surface area contributed by atoms with Crippen molar-refractivity contribution in [1.82, 2.24) is 0 Å². The largest absolute Gasteiger partial charge is 0.497 e. The highest BCUT2D eigenvalue weighted by Crippen LogP contribution is 2.36. The Morgan fingerprint density at radius 3 is 1.84 bits per heavy atom. The molecule has 4 nitrogen and oxygen atoms in total. The summed E-state index contributed by atoms with van der Waals surface area (Å²) in [5.74, 6) is 1.63. The van der Waals surface area contributed by atoms with E-state index in [4.69, 9.17) is 18.8 Å². The van der Waals surface area contributed by atoms with Gasteiger partial charge in [-0.3, -0.25) is 0 Å². The van der Waals surface area contributed by atoms with Gasteiger partial charge in [0.05, 0.1) is 18.3 Å². The minimum Gasteiger partial charge on any atom is -0.497 e. The van der Waals surface area contributed by atoms with Crippen LogP contribution in [0.15, 0.2) is 48.5 Å². The minimum atomic E-state index is -0.332. The summed E-state index contributed by atoms with van der Waals surface area (Å²) in [6.45, 7) is 8.75. The van der Waals surface area contributed by atoms with Gasteiger partial charge in [-0.1, -0.05) is 24.3 Å². The van der Waals surface area contributed by atoms with Crippen LogP contribution in [0, 0.1) is 0 Å². The lowest BCUT2D eigenvalue weighted by Crippen LogP contribution is -2.41. The second kappa shape index (κ2) is 6.73. The average Bonchev–Trinajstić information content (AvgIpc) is 2.82. The Morgan fingerprint density at radius 1 is 0.800 bits per heavy atom. The van der Waals surface area contributed by atoms with E-state index in [2.05, 4.69) is 27.7 Å². The summed E-state index contributed by atoms with van der Waals surface area (Å²) < 4.78 is 23.1. The van der Waals surface area contributed by atoms with Gasteiger partial charge in [0.2, 0.25) is 0 Å². The topological polar surface area (TPSA) is 36.9 Å². The van der Waals surface area contributed by atoms with Crippen molar-refractivity contribution in [2.75, 3.05) is 7.11 Å². The number of methoxy groups -OCH3 is 1. The molecule has 1 fully saturated rings. The molecule has 1 saturated heterocycles. The predicted octanol–water partition coefficient (Wildman–Crippen LogP) is 3.57. The van der Waals surface area contributed by atoms with Gasteiger partial charge in [0, 0.05) is 0 Å². The molecule has 1 aliphatic rings. The molecular formula is C20H25BO4. The predicted molar refractivity (Wildman–Crippen MR) is 99.5 cm³/mol. The van der Waals surface area contributed by atoms with E-state index in [0.29, 0.717) is 6.61 Å². The zero-order valence-corrected chi connectivity index (χ0v) is 15.5. The monoisotopic (exact) mass is 340 g/mol. The molecule has 132 valence electrons. The fraction of sp³-hybridized carbons (Fsp3) is 0.400. The number of benzene rings is 2. The van der Waals surface area contributed by atoms with E-state index in [1.54, 1.807) is 7.11 Å². The fourth-order valence-electron chi connectivity index (χ4n) is 2.59. The molecule has 3 rings (SSSR count). The van der Waals surface area contributed by atoms with Crippen molar-refractivity contribution in [3.05, 3.63) is 54.1 Å². The van der Waals surface area contributed by atoms with Gasteiger partial charge in [-0.2, -0.15) is 0 Å². The maximum absolute atomic E-state index is 6.08. The quantitative estimate of drug-likeness (QED) is 0.780. The highest BCUT2D eigenvalue weighted by Gasteiger charge is 2.51. The summed E-state index contributed by atoms with van der Waals surface area (Å²) in [5, 5.41) is 0. The number of rotatable bonds is 5. The normalized spacial score (nSPS) is 18.2. The molecule has 0 unspecified atom stereocenters. The first kappa shape index (κ1) is 17.8. The van der Waals surface area contributed by atoms with Gasteiger partial charge in [-0.25, -0.2) is 0 Å². The number of ether oxygens (including phenoxy) is 2. The second-order valence-corrected chi connectivity index (χ2v) is 7.29. The molecule has 1 aliphatic heterocycles. The van der Waals surface area contributed by atoms with Gasteiger partial charge >= 0.3 is 7.12 Å². The summed E-state index contributed by atoms with van der Waals surface area (Å²) in [6.07, 6.45) is 0. The Labute approximate surface area is 150 Å². The zero-order valence-electron chi connectivity index (χ0n) is 15.5. The SMILES string of the molecule is COc1ccc(OCc2ccc(B3OC(C)(C)C(C)(C)O3)cc2)cc1. The van der Waals surface area contributed by atoms with E-state index in [-0.39, 0.29) is 18.3 Å². The molecule has 2 aromatic rings. The standard InChI is InChI=1S/C20H25BO4/c1-19(2)20(3,4)25-21(24-19)16-8-6-15(7-9-16)14-23-18-12-10-17(22-5)11-13-18/h6-13H,14H2,1-5H3. The molecular weight excluding hydrogens is 315 g/mol. The number of hydrogen-bond donors (Lipinski definition) is 0. The zero-order chi connectivity index (χ0) is 18.1. The summed E-state index contributed by atoms with van der Waals surface area (Å²) >= 11 is 0. The Kier molecular flexibility index (Phi) is 4.80. The van der Waals surface area contributed by atoms with Crippen LogP contribution in [0.1, 0.15) is 33.3 Å². The van der Waals surface area contributed by atoms with Crippen LogP contribution in [0.5, 0.6) is 11.5 Å². The van der Waals surface area contributed by atoms with Gasteiger partial charge in [0.1, 0.15) is 18.1 Å². The Hall–Kier alpha value is -1.98. The molecule has 5 heteroatoms. The van der Waals surface area contributed by atoms with Gasteiger partial charge < -0.3 is 18.8 Å². The third-order valence-electron chi connectivity index (χ3n) is 4.97. The van der Waals surface area contributed by atoms with E-state index in [1.165, 1.54) is 0 Å². The highest BCUT2D eigenvalue weighted by atomic mass is 16.7. The van der Waals surface area contributed by atoms with Gasteiger partial charge in [0.15, 0.2) is 0 Å². The lowest BCUT2D eigenvalue weighted by Gasteiger charge is -2.32. The first-order valence-electron chi connectivity index (χ1n) is 8.52. The fourth-order valence-corrected chi connectivity index (χ4v) is 2.59. The first-order chi connectivity index (χ1) is 11.8. The van der Waals surface area contributed by atoms with E-state index in [0.717, 1.165) is 22.5 Å². The summed E-state index contributed by atoms with van der Waals surface area (Å²) in [7, 11) is 1.32. The van der Waals surface area contributed by atoms with Crippen molar-refractivity contribution < 1.29 is 18.8 Å². The number of hydrogen-bond acceptors (Lipinski definition) is 4. The molecule has 0 radical (unpaired) electrons. The van der Waals surface area contributed by atoms with Crippen molar-refractivity contribution in [3.63, 3.8) is 0 Å². The van der Waals surface area contributed by atoms with Crippen LogP contribution in [0.2, 0.25) is 0 Å². The minimum absolute atomic E-state index is 0.326. The third kappa shape index (κ3) is 3.83. The summed E-state index contributed by atoms with van der Waals surface area (Å²) in [5.41, 5.74) is 1.46. The van der Waals surface area contributed by atoms with E-state index < -0.39 is 0 Å². The lowest BCUT2D eigenvalue weighted by atomic mass is 9.79. The van der Waals surface area contributed by atoms with E-state index in [1.807, 2.05) is 48.5 Å². The van der Waals surface area contributed by atoms with Crippen molar-refractivity contribution in [3.8, 4) is 11.5 Å². The maximum Gasteiger partial charge on any atom is 0.494 e. The molecule has 0 spiro atoms. The van der Waals surface area contributed by atoms with Crippen molar-refractivity contribution >= 4 is 12.6 Å². The molecule has 0 amide bonds. The van der Waals surface area contributed by atoms with Crippen LogP contribution in [-0.4, -0.2) is 25.4 Å². The molecule has 25 heavy (non-hydrogen) atoms. The Morgan fingerprint density at radius 2 is 1.32 bits per heavy atom. The van der Waals surface area contributed by atoms with Crippen molar-refractivity contribution in [2.24, 2.45) is 0 Å². The summed E-state index contributed by atoms with van der Waals surface area (Å²) in [4.78, 5) is 0. The lowest BCUT2D eigenvalue weighted by molar-refractivity contribution is 0.00578. The third-order valence-corrected chi connectivity index (χ3v) is 4.97. The van der Waals surface area contributed by atoms with Crippen LogP contribution in [0.4, 0.5) is 0 Å². The Balaban J connectivity index is 1.61. The van der Waals surface area contributed by atoms with E-state index in [9.17, 15) is 0 Å². The molecule has 0 aromatic heterocycles. The molecule has 2 aromatic carbocycles.